The van der Waals surface area contributed by atoms with E-state index in [2.05, 4.69) is 19.6 Å². The number of methoxy groups -OCH3 is 2. The molecule has 0 amide bonds. The quantitative estimate of drug-likeness (QED) is 0.549. The Hall–Kier alpha value is -2.11. The van der Waals surface area contributed by atoms with Crippen molar-refractivity contribution in [3.05, 3.63) is 59.7 Å². The van der Waals surface area contributed by atoms with Gasteiger partial charge in [0.25, 0.3) is 0 Å². The smallest absolute Gasteiger partial charge is 0.194 e. The molecule has 24 heavy (non-hydrogen) atoms. The first-order valence-electron chi connectivity index (χ1n) is 7.84. The van der Waals surface area contributed by atoms with Gasteiger partial charge in [-0.15, -0.1) is 0 Å². The van der Waals surface area contributed by atoms with Crippen LogP contribution in [-0.4, -0.2) is 28.3 Å². The molecule has 2 aromatic carbocycles. The fourth-order valence-electron chi connectivity index (χ4n) is 2.31. The molecule has 0 saturated heterocycles. The second-order valence-corrected chi connectivity index (χ2v) is 10.9. The van der Waals surface area contributed by atoms with Crippen molar-refractivity contribution in [1.29, 1.82) is 0 Å². The molecule has 0 aliphatic carbocycles. The first-order valence-corrected chi connectivity index (χ1v) is 11.2. The molecule has 0 heterocycles. The van der Waals surface area contributed by atoms with E-state index >= 15 is 0 Å². The number of benzene rings is 2. The summed E-state index contributed by atoms with van der Waals surface area (Å²) in [5.74, 6) is 1.42. The van der Waals surface area contributed by atoms with E-state index in [0.29, 0.717) is 5.56 Å². The normalized spacial score (nSPS) is 12.5. The molecular formula is C19H24O4Si. The molecule has 0 spiro atoms. The summed E-state index contributed by atoms with van der Waals surface area (Å²) in [6, 6.07) is 14.6. The van der Waals surface area contributed by atoms with Gasteiger partial charge in [-0.25, -0.2) is 0 Å². The molecule has 0 aliphatic heterocycles. The first kappa shape index (κ1) is 18.2. The Labute approximate surface area is 144 Å². The second-order valence-electron chi connectivity index (χ2n) is 6.48. The minimum absolute atomic E-state index is 0.0507. The van der Waals surface area contributed by atoms with Crippen LogP contribution in [0.2, 0.25) is 19.6 Å². The van der Waals surface area contributed by atoms with Gasteiger partial charge >= 0.3 is 0 Å². The molecule has 1 unspecified atom stereocenters. The summed E-state index contributed by atoms with van der Waals surface area (Å²) in [6.45, 7) is 6.22. The highest BCUT2D eigenvalue weighted by atomic mass is 28.4. The number of rotatable bonds is 7. The SMILES string of the molecule is COc1ccc(C(=O)C(O[Si](C)(C)C)c2ccc(OC)cc2)cc1. The van der Waals surface area contributed by atoms with Gasteiger partial charge in [0, 0.05) is 5.56 Å². The summed E-state index contributed by atoms with van der Waals surface area (Å²) in [4.78, 5) is 13.0. The predicted octanol–water partition coefficient (Wildman–Crippen LogP) is 4.48. The van der Waals surface area contributed by atoms with E-state index < -0.39 is 14.4 Å². The lowest BCUT2D eigenvalue weighted by molar-refractivity contribution is 0.0779. The van der Waals surface area contributed by atoms with E-state index in [1.165, 1.54) is 0 Å². The van der Waals surface area contributed by atoms with Crippen molar-refractivity contribution in [1.82, 2.24) is 0 Å². The fraction of sp³-hybridized carbons (Fsp3) is 0.316. The van der Waals surface area contributed by atoms with Gasteiger partial charge < -0.3 is 13.9 Å². The van der Waals surface area contributed by atoms with Gasteiger partial charge in [-0.3, -0.25) is 4.79 Å². The largest absolute Gasteiger partial charge is 0.497 e. The third-order valence-electron chi connectivity index (χ3n) is 3.50. The van der Waals surface area contributed by atoms with Crippen LogP contribution < -0.4 is 9.47 Å². The Morgan fingerprint density at radius 2 is 1.29 bits per heavy atom. The molecular weight excluding hydrogens is 320 g/mol. The molecule has 0 N–H and O–H groups in total. The molecule has 0 saturated carbocycles. The van der Waals surface area contributed by atoms with Crippen molar-refractivity contribution in [2.75, 3.05) is 14.2 Å². The number of hydrogen-bond donors (Lipinski definition) is 0. The third kappa shape index (κ3) is 4.69. The van der Waals surface area contributed by atoms with Crippen molar-refractivity contribution in [2.45, 2.75) is 25.7 Å². The zero-order valence-corrected chi connectivity index (χ0v) is 15.8. The van der Waals surface area contributed by atoms with Crippen LogP contribution >= 0.6 is 0 Å². The number of hydrogen-bond acceptors (Lipinski definition) is 4. The minimum atomic E-state index is -1.92. The molecule has 0 bridgehead atoms. The van der Waals surface area contributed by atoms with Crippen LogP contribution in [0.1, 0.15) is 22.0 Å². The monoisotopic (exact) mass is 344 g/mol. The summed E-state index contributed by atoms with van der Waals surface area (Å²) in [5.41, 5.74) is 1.44. The highest BCUT2D eigenvalue weighted by molar-refractivity contribution is 6.69. The molecule has 128 valence electrons. The van der Waals surface area contributed by atoms with Gasteiger partial charge in [-0.2, -0.15) is 0 Å². The summed E-state index contributed by atoms with van der Waals surface area (Å²) < 4.78 is 16.5. The Morgan fingerprint density at radius 1 is 0.833 bits per heavy atom. The van der Waals surface area contributed by atoms with Crippen molar-refractivity contribution < 1.29 is 18.7 Å². The lowest BCUT2D eigenvalue weighted by Crippen LogP contribution is -2.31. The van der Waals surface area contributed by atoms with Gasteiger partial charge in [0.2, 0.25) is 0 Å². The summed E-state index contributed by atoms with van der Waals surface area (Å²) >= 11 is 0. The third-order valence-corrected chi connectivity index (χ3v) is 4.45. The molecule has 1 atom stereocenters. The van der Waals surface area contributed by atoms with Crippen LogP contribution in [0.15, 0.2) is 48.5 Å². The fourth-order valence-corrected chi connectivity index (χ4v) is 3.26. The average molecular weight is 344 g/mol. The first-order chi connectivity index (χ1) is 11.3. The Morgan fingerprint density at radius 3 is 1.71 bits per heavy atom. The van der Waals surface area contributed by atoms with E-state index in [1.54, 1.807) is 38.5 Å². The van der Waals surface area contributed by atoms with Gasteiger partial charge in [-0.05, 0) is 61.6 Å². The summed E-state index contributed by atoms with van der Waals surface area (Å²) in [6.07, 6.45) is -0.615. The molecule has 0 fully saturated rings. The maximum Gasteiger partial charge on any atom is 0.194 e. The van der Waals surface area contributed by atoms with Crippen LogP contribution in [0, 0.1) is 0 Å². The minimum Gasteiger partial charge on any atom is -0.497 e. The molecule has 4 nitrogen and oxygen atoms in total. The molecule has 2 aromatic rings. The van der Waals surface area contributed by atoms with Crippen LogP contribution in [-0.2, 0) is 4.43 Å². The molecule has 2 rings (SSSR count). The zero-order chi connectivity index (χ0) is 17.7. The van der Waals surface area contributed by atoms with Crippen LogP contribution in [0.3, 0.4) is 0 Å². The maximum absolute atomic E-state index is 13.0. The van der Waals surface area contributed by atoms with E-state index in [9.17, 15) is 4.79 Å². The zero-order valence-electron chi connectivity index (χ0n) is 14.8. The second kappa shape index (κ2) is 7.64. The lowest BCUT2D eigenvalue weighted by Gasteiger charge is -2.26. The molecule has 0 aliphatic rings. The van der Waals surface area contributed by atoms with E-state index in [4.69, 9.17) is 13.9 Å². The Bertz CT molecular complexity index is 672. The van der Waals surface area contributed by atoms with Crippen LogP contribution in [0.5, 0.6) is 11.5 Å². The number of Topliss-reactive ketones (excluding diaryl/α,β-unsaturated/α-hetero) is 1. The van der Waals surface area contributed by atoms with E-state index in [-0.39, 0.29) is 5.78 Å². The van der Waals surface area contributed by atoms with Crippen molar-refractivity contribution in [3.8, 4) is 11.5 Å². The van der Waals surface area contributed by atoms with Gasteiger partial charge in [0.05, 0.1) is 14.2 Å². The van der Waals surface area contributed by atoms with Crippen LogP contribution in [0.4, 0.5) is 0 Å². The summed E-state index contributed by atoms with van der Waals surface area (Å²) in [5, 5.41) is 0. The standard InChI is InChI=1S/C19H24O4Si/c1-21-16-10-6-14(7-11-16)18(20)19(23-24(3,4)5)15-8-12-17(22-2)13-9-15/h6-13,19H,1-5H3. The summed E-state index contributed by atoms with van der Waals surface area (Å²) in [7, 11) is 1.31. The van der Waals surface area contributed by atoms with Gasteiger partial charge in [-0.1, -0.05) is 12.1 Å². The van der Waals surface area contributed by atoms with Gasteiger partial charge in [0.15, 0.2) is 14.1 Å². The highest BCUT2D eigenvalue weighted by Gasteiger charge is 2.29. The number of carbonyl (C=O) groups excluding carboxylic acids is 1. The predicted molar refractivity (Wildman–Crippen MR) is 97.5 cm³/mol. The van der Waals surface area contributed by atoms with E-state index in [0.717, 1.165) is 17.1 Å². The topological polar surface area (TPSA) is 44.8 Å². The van der Waals surface area contributed by atoms with Crippen molar-refractivity contribution in [2.24, 2.45) is 0 Å². The Balaban J connectivity index is 2.34. The average Bonchev–Trinajstić information content (AvgIpc) is 2.58. The van der Waals surface area contributed by atoms with E-state index in [1.807, 2.05) is 24.3 Å². The number of ether oxygens (including phenoxy) is 2. The van der Waals surface area contributed by atoms with Crippen molar-refractivity contribution >= 4 is 14.1 Å². The van der Waals surface area contributed by atoms with Crippen molar-refractivity contribution in [3.63, 3.8) is 0 Å². The molecule has 0 radical (unpaired) electrons. The van der Waals surface area contributed by atoms with Crippen LogP contribution in [0.25, 0.3) is 0 Å². The molecule has 0 aromatic heterocycles. The molecule has 5 heteroatoms. The Kier molecular flexibility index (Phi) is 5.80. The lowest BCUT2D eigenvalue weighted by atomic mass is 10.00. The number of carbonyl (C=O) groups is 1. The maximum atomic E-state index is 13.0. The number of ketones is 1. The van der Waals surface area contributed by atoms with Gasteiger partial charge in [0.1, 0.15) is 17.6 Å². The highest BCUT2D eigenvalue weighted by Crippen LogP contribution is 2.28.